The molecule has 2 rings (SSSR count). The summed E-state index contributed by atoms with van der Waals surface area (Å²) in [5, 5.41) is 20.4. The normalized spacial score (nSPS) is 11.8. The Balaban J connectivity index is 1.92. The van der Waals surface area contributed by atoms with Crippen LogP contribution in [0.3, 0.4) is 0 Å². The molecule has 1 aromatic carbocycles. The fourth-order valence-corrected chi connectivity index (χ4v) is 2.45. The van der Waals surface area contributed by atoms with Crippen LogP contribution in [0.4, 0.5) is 0 Å². The average molecular weight is 287 g/mol. The van der Waals surface area contributed by atoms with Gasteiger partial charge in [-0.1, -0.05) is 44.2 Å². The van der Waals surface area contributed by atoms with E-state index in [2.05, 4.69) is 47.6 Å². The number of nitrogens with one attached hydrogen (secondary N) is 2. The summed E-state index contributed by atoms with van der Waals surface area (Å²) >= 11 is 0. The van der Waals surface area contributed by atoms with Crippen molar-refractivity contribution in [3.63, 3.8) is 0 Å². The Bertz CT molecular complexity index is 524. The quantitative estimate of drug-likeness (QED) is 0.699. The molecule has 0 bridgehead atoms. The number of hydrogen-bond donors (Lipinski definition) is 3. The van der Waals surface area contributed by atoms with Crippen molar-refractivity contribution in [1.29, 1.82) is 0 Å². The van der Waals surface area contributed by atoms with E-state index in [1.165, 1.54) is 0 Å². The molecule has 0 spiro atoms. The van der Waals surface area contributed by atoms with E-state index in [4.69, 9.17) is 0 Å². The molecule has 0 saturated carbocycles. The van der Waals surface area contributed by atoms with Crippen LogP contribution in [0, 0.1) is 5.41 Å². The molecule has 1 aromatic heterocycles. The molecule has 0 saturated heterocycles. The maximum absolute atomic E-state index is 9.57. The number of nitrogens with zero attached hydrogens (tertiary/aromatic N) is 1. The molecule has 4 nitrogen and oxygen atoms in total. The van der Waals surface area contributed by atoms with Crippen LogP contribution in [0.25, 0.3) is 11.3 Å². The maximum atomic E-state index is 9.57. The molecular formula is C17H25N3O. The molecule has 0 radical (unpaired) electrons. The minimum atomic E-state index is -0.0116. The highest BCUT2D eigenvalue weighted by atomic mass is 16.3. The first-order valence-electron chi connectivity index (χ1n) is 7.64. The van der Waals surface area contributed by atoms with Crippen molar-refractivity contribution in [2.45, 2.75) is 33.2 Å². The molecule has 0 fully saturated rings. The van der Waals surface area contributed by atoms with Gasteiger partial charge in [-0.3, -0.25) is 5.10 Å². The number of aliphatic hydroxyl groups is 1. The van der Waals surface area contributed by atoms with E-state index in [1.807, 2.05) is 18.2 Å². The van der Waals surface area contributed by atoms with Gasteiger partial charge in [-0.15, -0.1) is 0 Å². The zero-order valence-electron chi connectivity index (χ0n) is 12.9. The molecule has 114 valence electrons. The summed E-state index contributed by atoms with van der Waals surface area (Å²) in [7, 11) is 0. The summed E-state index contributed by atoms with van der Waals surface area (Å²) in [4.78, 5) is 0. The lowest BCUT2D eigenvalue weighted by atomic mass is 9.83. The summed E-state index contributed by atoms with van der Waals surface area (Å²) < 4.78 is 0. The van der Waals surface area contributed by atoms with Gasteiger partial charge in [0, 0.05) is 36.4 Å². The lowest BCUT2D eigenvalue weighted by molar-refractivity contribution is 0.113. The standard InChI is InChI=1S/C17H25N3O/c1-3-17(4-2,13-21)12-18-11-15-10-16(20-19-15)14-8-6-5-7-9-14/h5-10,18,21H,3-4,11-13H2,1-2H3,(H,19,20). The van der Waals surface area contributed by atoms with Crippen LogP contribution >= 0.6 is 0 Å². The number of aromatic nitrogens is 2. The molecule has 1 heterocycles. The van der Waals surface area contributed by atoms with E-state index >= 15 is 0 Å². The van der Waals surface area contributed by atoms with E-state index in [0.29, 0.717) is 0 Å². The van der Waals surface area contributed by atoms with Gasteiger partial charge in [0.15, 0.2) is 0 Å². The molecule has 0 aliphatic rings. The highest BCUT2D eigenvalue weighted by Crippen LogP contribution is 2.24. The first-order chi connectivity index (χ1) is 10.2. The first kappa shape index (κ1) is 15.7. The van der Waals surface area contributed by atoms with Gasteiger partial charge in [-0.05, 0) is 18.9 Å². The van der Waals surface area contributed by atoms with Gasteiger partial charge in [0.05, 0.1) is 5.69 Å². The highest BCUT2D eigenvalue weighted by Gasteiger charge is 2.24. The second kappa shape index (κ2) is 7.38. The molecule has 0 unspecified atom stereocenters. The lowest BCUT2D eigenvalue weighted by Gasteiger charge is -2.29. The maximum Gasteiger partial charge on any atom is 0.0924 e. The third-order valence-corrected chi connectivity index (χ3v) is 4.35. The Labute approximate surface area is 126 Å². The van der Waals surface area contributed by atoms with Gasteiger partial charge in [-0.25, -0.2) is 0 Å². The molecule has 0 aliphatic carbocycles. The van der Waals surface area contributed by atoms with Crippen molar-refractivity contribution < 1.29 is 5.11 Å². The molecule has 4 heteroatoms. The first-order valence-corrected chi connectivity index (χ1v) is 7.64. The largest absolute Gasteiger partial charge is 0.396 e. The van der Waals surface area contributed by atoms with Crippen LogP contribution in [0.1, 0.15) is 32.4 Å². The van der Waals surface area contributed by atoms with Crippen molar-refractivity contribution in [3.8, 4) is 11.3 Å². The van der Waals surface area contributed by atoms with Crippen LogP contribution < -0.4 is 5.32 Å². The van der Waals surface area contributed by atoms with Crippen LogP contribution in [-0.2, 0) is 6.54 Å². The van der Waals surface area contributed by atoms with E-state index in [9.17, 15) is 5.11 Å². The van der Waals surface area contributed by atoms with Gasteiger partial charge in [-0.2, -0.15) is 5.10 Å². The summed E-state index contributed by atoms with van der Waals surface area (Å²) in [5.41, 5.74) is 3.13. The van der Waals surface area contributed by atoms with Gasteiger partial charge < -0.3 is 10.4 Å². The minimum absolute atomic E-state index is 0.0116. The van der Waals surface area contributed by atoms with Crippen molar-refractivity contribution in [2.24, 2.45) is 5.41 Å². The number of rotatable bonds is 8. The second-order valence-corrected chi connectivity index (χ2v) is 5.61. The van der Waals surface area contributed by atoms with Crippen molar-refractivity contribution >= 4 is 0 Å². The monoisotopic (exact) mass is 287 g/mol. The van der Waals surface area contributed by atoms with Gasteiger partial charge >= 0.3 is 0 Å². The fraction of sp³-hybridized carbons (Fsp3) is 0.471. The topological polar surface area (TPSA) is 60.9 Å². The molecule has 3 N–H and O–H groups in total. The van der Waals surface area contributed by atoms with Gasteiger partial charge in [0.25, 0.3) is 0 Å². The molecule has 0 amide bonds. The average Bonchev–Trinajstić information content (AvgIpc) is 3.02. The second-order valence-electron chi connectivity index (χ2n) is 5.61. The van der Waals surface area contributed by atoms with E-state index in [1.54, 1.807) is 0 Å². The molecule has 21 heavy (non-hydrogen) atoms. The number of benzene rings is 1. The van der Waals surface area contributed by atoms with E-state index in [0.717, 1.165) is 42.9 Å². The van der Waals surface area contributed by atoms with Gasteiger partial charge in [0.2, 0.25) is 0 Å². The van der Waals surface area contributed by atoms with Gasteiger partial charge in [0.1, 0.15) is 0 Å². The Hall–Kier alpha value is -1.65. The predicted molar refractivity (Wildman–Crippen MR) is 85.8 cm³/mol. The minimum Gasteiger partial charge on any atom is -0.396 e. The van der Waals surface area contributed by atoms with Crippen LogP contribution in [0.15, 0.2) is 36.4 Å². The predicted octanol–water partition coefficient (Wildman–Crippen LogP) is 2.97. The molecule has 2 aromatic rings. The smallest absolute Gasteiger partial charge is 0.0924 e. The van der Waals surface area contributed by atoms with Crippen molar-refractivity contribution in [1.82, 2.24) is 15.5 Å². The van der Waals surface area contributed by atoms with Crippen LogP contribution in [-0.4, -0.2) is 28.5 Å². The fourth-order valence-electron chi connectivity index (χ4n) is 2.45. The third kappa shape index (κ3) is 3.93. The summed E-state index contributed by atoms with van der Waals surface area (Å²) in [6, 6.07) is 12.2. The van der Waals surface area contributed by atoms with Crippen molar-refractivity contribution in [3.05, 3.63) is 42.1 Å². The number of aromatic amines is 1. The SMILES string of the molecule is CCC(CC)(CO)CNCc1cc(-c2ccccc2)n[nH]1. The number of hydrogen-bond acceptors (Lipinski definition) is 3. The van der Waals surface area contributed by atoms with Crippen LogP contribution in [0.5, 0.6) is 0 Å². The Morgan fingerprint density at radius 1 is 1.19 bits per heavy atom. The Morgan fingerprint density at radius 3 is 2.52 bits per heavy atom. The van der Waals surface area contributed by atoms with E-state index < -0.39 is 0 Å². The summed E-state index contributed by atoms with van der Waals surface area (Å²) in [5.74, 6) is 0. The van der Waals surface area contributed by atoms with Crippen molar-refractivity contribution in [2.75, 3.05) is 13.2 Å². The van der Waals surface area contributed by atoms with Crippen LogP contribution in [0.2, 0.25) is 0 Å². The molecular weight excluding hydrogens is 262 g/mol. The summed E-state index contributed by atoms with van der Waals surface area (Å²) in [6.07, 6.45) is 1.95. The third-order valence-electron chi connectivity index (χ3n) is 4.35. The Morgan fingerprint density at radius 2 is 1.90 bits per heavy atom. The Kier molecular flexibility index (Phi) is 5.53. The van der Waals surface area contributed by atoms with E-state index in [-0.39, 0.29) is 12.0 Å². The summed E-state index contributed by atoms with van der Waals surface area (Å²) in [6.45, 7) is 6.04. The molecule has 0 aliphatic heterocycles. The highest BCUT2D eigenvalue weighted by molar-refractivity contribution is 5.58. The lowest BCUT2D eigenvalue weighted by Crippen LogP contribution is -2.36. The number of H-pyrrole nitrogens is 1. The zero-order chi connectivity index (χ0) is 15.1. The molecule has 0 atom stereocenters. The zero-order valence-corrected chi connectivity index (χ0v) is 12.9. The number of aliphatic hydroxyl groups excluding tert-OH is 1.